The summed E-state index contributed by atoms with van der Waals surface area (Å²) in [5.41, 5.74) is 0. The summed E-state index contributed by atoms with van der Waals surface area (Å²) in [5.74, 6) is 0. The molecule has 0 unspecified atom stereocenters. The first-order valence-corrected chi connectivity index (χ1v) is 9.62. The van der Waals surface area contributed by atoms with Crippen LogP contribution in [0, 0.1) is 0 Å². The fraction of sp³-hybridized carbons (Fsp3) is 1.00. The van der Waals surface area contributed by atoms with Gasteiger partial charge in [-0.2, -0.15) is 18.1 Å². The molecule has 1 heterocycles. The summed E-state index contributed by atoms with van der Waals surface area (Å²) >= 11 is 0. The third-order valence-electron chi connectivity index (χ3n) is 2.26. The number of nitrogens with zero attached hydrogens (tertiary/aromatic N) is 1. The van der Waals surface area contributed by atoms with E-state index in [4.69, 9.17) is 27.1 Å². The zero-order valence-corrected chi connectivity index (χ0v) is 13.9. The predicted octanol–water partition coefficient (Wildman–Crippen LogP) is 2.36. The van der Waals surface area contributed by atoms with Gasteiger partial charge < -0.3 is 9.05 Å². The van der Waals surface area contributed by atoms with Crippen LogP contribution in [-0.2, 0) is 27.1 Å². The van der Waals surface area contributed by atoms with Gasteiger partial charge in [0.2, 0.25) is 0 Å². The molecule has 0 atom stereocenters. The maximum absolute atomic E-state index is 5.39. The molecule has 1 aliphatic rings. The van der Waals surface area contributed by atoms with Gasteiger partial charge in [0.25, 0.3) is 0 Å². The summed E-state index contributed by atoms with van der Waals surface area (Å²) in [7, 11) is 0.790. The van der Waals surface area contributed by atoms with Gasteiger partial charge in [0.05, 0.1) is 33.3 Å². The van der Waals surface area contributed by atoms with E-state index in [-0.39, 0.29) is 0 Å². The Morgan fingerprint density at radius 3 is 1.67 bits per heavy atom. The molecule has 0 bridgehead atoms. The van der Waals surface area contributed by atoms with Crippen molar-refractivity contribution in [2.75, 3.05) is 42.7 Å². The summed E-state index contributed by atoms with van der Waals surface area (Å²) in [6.45, 7) is 0. The quantitative estimate of drug-likeness (QED) is 0.720. The molecule has 0 amide bonds. The van der Waals surface area contributed by atoms with Gasteiger partial charge in [0.15, 0.2) is 0 Å². The minimum atomic E-state index is -2.75. The van der Waals surface area contributed by atoms with Crippen LogP contribution in [0.2, 0.25) is 0 Å². The second-order valence-corrected chi connectivity index (χ2v) is 10.7. The van der Waals surface area contributed by atoms with Crippen molar-refractivity contribution in [1.29, 1.82) is 0 Å². The van der Waals surface area contributed by atoms with E-state index in [1.54, 1.807) is 0 Å². The lowest BCUT2D eigenvalue weighted by atomic mass is 11.8. The molecule has 0 fully saturated rings. The topological polar surface area (TPSA) is 91.8 Å². The minimum Gasteiger partial charge on any atom is -0.311 e. The van der Waals surface area contributed by atoms with Crippen molar-refractivity contribution in [2.24, 2.45) is 4.52 Å². The van der Waals surface area contributed by atoms with E-state index in [9.17, 15) is 0 Å². The smallest absolute Gasteiger partial charge is 0.311 e. The fourth-order valence-corrected chi connectivity index (χ4v) is 11.0. The summed E-state index contributed by atoms with van der Waals surface area (Å²) in [6, 6.07) is 0. The average molecular weight is 323 g/mol. The molecule has 0 spiro atoms. The van der Waals surface area contributed by atoms with Gasteiger partial charge in [0.1, 0.15) is 0 Å². The van der Waals surface area contributed by atoms with Crippen LogP contribution in [0.15, 0.2) is 4.52 Å². The summed E-state index contributed by atoms with van der Waals surface area (Å²) in [5, 5.41) is 0. The fourth-order valence-electron chi connectivity index (χ4n) is 1.25. The van der Waals surface area contributed by atoms with E-state index in [0.717, 1.165) is 0 Å². The molecule has 1 aliphatic heterocycles. The van der Waals surface area contributed by atoms with Crippen LogP contribution in [0.25, 0.3) is 0 Å². The third-order valence-corrected chi connectivity index (χ3v) is 11.3. The normalized spacial score (nSPS) is 24.6. The molecule has 9 nitrogen and oxygen atoms in total. The number of rotatable bonds is 6. The van der Waals surface area contributed by atoms with Gasteiger partial charge in [-0.25, -0.2) is 0 Å². The highest BCUT2D eigenvalue weighted by molar-refractivity contribution is 7.88. The van der Waals surface area contributed by atoms with E-state index in [1.165, 1.54) is 42.7 Å². The predicted molar refractivity (Wildman–Crippen MR) is 71.5 cm³/mol. The Kier molecular flexibility index (Phi) is 6.06. The highest BCUT2D eigenvalue weighted by Crippen LogP contribution is 2.80. The van der Waals surface area contributed by atoms with Crippen molar-refractivity contribution < 1.29 is 27.1 Å². The lowest BCUT2D eigenvalue weighted by Crippen LogP contribution is -2.33. The van der Waals surface area contributed by atoms with Crippen molar-refractivity contribution in [1.82, 2.24) is 9.72 Å². The first kappa shape index (κ1) is 16.8. The molecule has 0 saturated heterocycles. The lowest BCUT2D eigenvalue weighted by molar-refractivity contribution is 0.267. The molecule has 1 rings (SSSR count). The van der Waals surface area contributed by atoms with Gasteiger partial charge >= 0.3 is 23.7 Å². The SMILES string of the molecule is COP1(OC)=N[P+](OC)(OC)N[P+](OC)(OC)N1. The Morgan fingerprint density at radius 2 is 1.33 bits per heavy atom. The van der Waals surface area contributed by atoms with Crippen LogP contribution < -0.4 is 9.72 Å². The van der Waals surface area contributed by atoms with Gasteiger partial charge in [-0.15, -0.1) is 0 Å². The molecular weight excluding hydrogens is 303 g/mol. The molecule has 0 aromatic heterocycles. The lowest BCUT2D eigenvalue weighted by Gasteiger charge is -2.31. The molecule has 0 aromatic rings. The molecule has 0 radical (unpaired) electrons. The Labute approximate surface area is 108 Å². The Bertz CT molecular complexity index is 327. The molecule has 18 heavy (non-hydrogen) atoms. The van der Waals surface area contributed by atoms with Crippen LogP contribution in [0.4, 0.5) is 0 Å². The van der Waals surface area contributed by atoms with E-state index in [0.29, 0.717) is 0 Å². The second kappa shape index (κ2) is 6.48. The van der Waals surface area contributed by atoms with Crippen LogP contribution in [0.1, 0.15) is 0 Å². The van der Waals surface area contributed by atoms with Crippen molar-refractivity contribution >= 4 is 23.7 Å². The standard InChI is InChI=1S/C6H20N3O6P3/c1-10-16(11-2)7-17(12-3,13-4)9-18(8-16,14-5)15-6/h7-8H,1-6H3/q+2. The van der Waals surface area contributed by atoms with Gasteiger partial charge in [-0.1, -0.05) is 0 Å². The largest absolute Gasteiger partial charge is 0.525 e. The van der Waals surface area contributed by atoms with Crippen LogP contribution >= 0.6 is 23.7 Å². The molecule has 108 valence electrons. The average Bonchev–Trinajstić information content (AvgIpc) is 2.46. The summed E-state index contributed by atoms with van der Waals surface area (Å²) in [4.78, 5) is 6.05. The molecule has 0 aromatic carbocycles. The van der Waals surface area contributed by atoms with Crippen molar-refractivity contribution in [3.05, 3.63) is 0 Å². The zero-order chi connectivity index (χ0) is 13.9. The molecular formula is C6H20N3O6P3+2. The van der Waals surface area contributed by atoms with Crippen LogP contribution in [-0.4, -0.2) is 42.7 Å². The Balaban J connectivity index is 3.30. The molecule has 12 heteroatoms. The molecule has 2 N–H and O–H groups in total. The Hall–Kier alpha value is 0.770. The van der Waals surface area contributed by atoms with Crippen LogP contribution in [0.3, 0.4) is 0 Å². The number of hydrogen-bond acceptors (Lipinski definition) is 9. The summed E-state index contributed by atoms with van der Waals surface area (Å²) < 4.78 is 36.6. The van der Waals surface area contributed by atoms with Crippen molar-refractivity contribution in [2.45, 2.75) is 0 Å². The van der Waals surface area contributed by atoms with Gasteiger partial charge in [0, 0.05) is 18.7 Å². The third kappa shape index (κ3) is 3.08. The zero-order valence-electron chi connectivity index (χ0n) is 11.2. The first-order valence-electron chi connectivity index (χ1n) is 4.84. The summed E-state index contributed by atoms with van der Waals surface area (Å²) in [6.07, 6.45) is 0. The number of hydrogen-bond donors (Lipinski definition) is 2. The van der Waals surface area contributed by atoms with Crippen molar-refractivity contribution in [3.63, 3.8) is 0 Å². The van der Waals surface area contributed by atoms with E-state index < -0.39 is 23.7 Å². The second-order valence-electron chi connectivity index (χ2n) is 2.98. The maximum Gasteiger partial charge on any atom is 0.525 e. The monoisotopic (exact) mass is 323 g/mol. The van der Waals surface area contributed by atoms with E-state index in [2.05, 4.69) is 14.2 Å². The maximum atomic E-state index is 5.39. The minimum absolute atomic E-state index is 1.49. The van der Waals surface area contributed by atoms with Crippen molar-refractivity contribution in [3.8, 4) is 0 Å². The van der Waals surface area contributed by atoms with E-state index in [1.807, 2.05) is 0 Å². The van der Waals surface area contributed by atoms with Gasteiger partial charge in [-0.05, 0) is 4.86 Å². The van der Waals surface area contributed by atoms with Gasteiger partial charge in [-0.3, -0.25) is 0 Å². The van der Waals surface area contributed by atoms with E-state index >= 15 is 0 Å². The highest BCUT2D eigenvalue weighted by atomic mass is 31.3. The molecule has 0 aliphatic carbocycles. The molecule has 0 saturated carbocycles. The number of nitrogens with one attached hydrogen (secondary N) is 2. The Morgan fingerprint density at radius 1 is 0.833 bits per heavy atom. The van der Waals surface area contributed by atoms with Crippen LogP contribution in [0.5, 0.6) is 0 Å². The highest BCUT2D eigenvalue weighted by Gasteiger charge is 2.68. The first-order chi connectivity index (χ1) is 8.49.